The first-order valence-electron chi connectivity index (χ1n) is 3.46. The molecule has 1 aromatic rings. The summed E-state index contributed by atoms with van der Waals surface area (Å²) in [6.45, 7) is -0.309. The summed E-state index contributed by atoms with van der Waals surface area (Å²) in [7, 11) is 0. The van der Waals surface area contributed by atoms with Gasteiger partial charge in [-0.3, -0.25) is 0 Å². The van der Waals surface area contributed by atoms with Crippen LogP contribution in [0.5, 0.6) is 0 Å². The van der Waals surface area contributed by atoms with E-state index in [9.17, 15) is 8.78 Å². The molecule has 0 atom stereocenters. The summed E-state index contributed by atoms with van der Waals surface area (Å²) in [6, 6.07) is 7.13. The highest BCUT2D eigenvalue weighted by Gasteiger charge is 2.00. The SMILES string of the molecule is FC(F)CNc1cccc(Br)c1. The van der Waals surface area contributed by atoms with Gasteiger partial charge in [-0.25, -0.2) is 8.78 Å². The fraction of sp³-hybridized carbons (Fsp3) is 0.250. The number of rotatable bonds is 3. The molecular weight excluding hydrogens is 228 g/mol. The van der Waals surface area contributed by atoms with Crippen molar-refractivity contribution in [1.29, 1.82) is 0 Å². The van der Waals surface area contributed by atoms with Crippen LogP contribution in [0.4, 0.5) is 14.5 Å². The Kier molecular flexibility index (Phi) is 3.47. The van der Waals surface area contributed by atoms with E-state index in [4.69, 9.17) is 0 Å². The van der Waals surface area contributed by atoms with Crippen molar-refractivity contribution in [3.63, 3.8) is 0 Å². The molecule has 1 rings (SSSR count). The molecule has 1 aromatic carbocycles. The van der Waals surface area contributed by atoms with Gasteiger partial charge in [0.1, 0.15) is 0 Å². The van der Waals surface area contributed by atoms with Gasteiger partial charge in [0.2, 0.25) is 0 Å². The maximum Gasteiger partial charge on any atom is 0.255 e. The smallest absolute Gasteiger partial charge is 0.255 e. The molecule has 1 nitrogen and oxygen atoms in total. The van der Waals surface area contributed by atoms with E-state index in [1.807, 2.05) is 6.07 Å². The molecule has 0 fully saturated rings. The van der Waals surface area contributed by atoms with Crippen LogP contribution in [0.25, 0.3) is 0 Å². The van der Waals surface area contributed by atoms with Crippen molar-refractivity contribution in [3.8, 4) is 0 Å². The molecule has 1 N–H and O–H groups in total. The lowest BCUT2D eigenvalue weighted by Crippen LogP contribution is -2.09. The third kappa shape index (κ3) is 3.17. The fourth-order valence-electron chi connectivity index (χ4n) is 0.793. The zero-order chi connectivity index (χ0) is 8.97. The summed E-state index contributed by atoms with van der Waals surface area (Å²) < 4.78 is 24.4. The van der Waals surface area contributed by atoms with Crippen LogP contribution in [-0.4, -0.2) is 13.0 Å². The highest BCUT2D eigenvalue weighted by atomic mass is 79.9. The molecule has 0 aliphatic carbocycles. The molecule has 0 bridgehead atoms. The highest BCUT2D eigenvalue weighted by Crippen LogP contribution is 2.15. The minimum atomic E-state index is -2.32. The van der Waals surface area contributed by atoms with Gasteiger partial charge in [-0.15, -0.1) is 0 Å². The van der Waals surface area contributed by atoms with Crippen LogP contribution >= 0.6 is 15.9 Å². The summed E-state index contributed by atoms with van der Waals surface area (Å²) >= 11 is 3.24. The molecule has 0 aliphatic heterocycles. The van der Waals surface area contributed by atoms with E-state index in [-0.39, 0.29) is 6.54 Å². The summed E-state index contributed by atoms with van der Waals surface area (Å²) in [5, 5.41) is 2.60. The predicted molar refractivity (Wildman–Crippen MR) is 48.6 cm³/mol. The Labute approximate surface area is 77.9 Å². The van der Waals surface area contributed by atoms with Crippen molar-refractivity contribution in [3.05, 3.63) is 28.7 Å². The van der Waals surface area contributed by atoms with Gasteiger partial charge in [-0.1, -0.05) is 22.0 Å². The Hall–Kier alpha value is -0.640. The number of alkyl halides is 2. The average Bonchev–Trinajstić information content (AvgIpc) is 2.01. The minimum Gasteiger partial charge on any atom is -0.379 e. The van der Waals surface area contributed by atoms with Crippen molar-refractivity contribution >= 4 is 21.6 Å². The number of hydrogen-bond acceptors (Lipinski definition) is 1. The Bertz CT molecular complexity index is 253. The largest absolute Gasteiger partial charge is 0.379 e. The molecule has 0 saturated heterocycles. The van der Waals surface area contributed by atoms with E-state index in [1.54, 1.807) is 18.2 Å². The Morgan fingerprint density at radius 3 is 2.75 bits per heavy atom. The number of hydrogen-bond donors (Lipinski definition) is 1. The monoisotopic (exact) mass is 235 g/mol. The van der Waals surface area contributed by atoms with Crippen molar-refractivity contribution < 1.29 is 8.78 Å². The van der Waals surface area contributed by atoms with Gasteiger partial charge in [-0.2, -0.15) is 0 Å². The fourth-order valence-corrected chi connectivity index (χ4v) is 1.19. The Morgan fingerprint density at radius 1 is 1.42 bits per heavy atom. The van der Waals surface area contributed by atoms with Crippen LogP contribution in [0, 0.1) is 0 Å². The molecular formula is C8H8BrF2N. The molecule has 0 aromatic heterocycles. The van der Waals surface area contributed by atoms with E-state index in [0.717, 1.165) is 4.47 Å². The molecule has 66 valence electrons. The number of halogens is 3. The lowest BCUT2D eigenvalue weighted by molar-refractivity contribution is 0.163. The molecule has 0 heterocycles. The van der Waals surface area contributed by atoms with E-state index in [2.05, 4.69) is 21.2 Å². The number of anilines is 1. The van der Waals surface area contributed by atoms with Gasteiger partial charge in [0.05, 0.1) is 6.54 Å². The average molecular weight is 236 g/mol. The normalized spacial score (nSPS) is 10.3. The number of benzene rings is 1. The lowest BCUT2D eigenvalue weighted by atomic mass is 10.3. The first-order valence-corrected chi connectivity index (χ1v) is 4.25. The van der Waals surface area contributed by atoms with Crippen molar-refractivity contribution in [2.75, 3.05) is 11.9 Å². The molecule has 0 saturated carbocycles. The Morgan fingerprint density at radius 2 is 2.17 bits per heavy atom. The summed E-state index contributed by atoms with van der Waals surface area (Å²) in [5.74, 6) is 0. The molecule has 0 amide bonds. The van der Waals surface area contributed by atoms with Crippen molar-refractivity contribution in [1.82, 2.24) is 0 Å². The van der Waals surface area contributed by atoms with Gasteiger partial charge < -0.3 is 5.32 Å². The van der Waals surface area contributed by atoms with Crippen LogP contribution in [0.15, 0.2) is 28.7 Å². The van der Waals surface area contributed by atoms with Gasteiger partial charge in [0, 0.05) is 10.2 Å². The van der Waals surface area contributed by atoms with Crippen LogP contribution in [-0.2, 0) is 0 Å². The van der Waals surface area contributed by atoms with E-state index < -0.39 is 6.43 Å². The summed E-state index contributed by atoms with van der Waals surface area (Å²) in [4.78, 5) is 0. The first-order chi connectivity index (χ1) is 5.68. The zero-order valence-electron chi connectivity index (χ0n) is 6.23. The second kappa shape index (κ2) is 4.40. The first kappa shape index (κ1) is 9.45. The Balaban J connectivity index is 2.52. The molecule has 12 heavy (non-hydrogen) atoms. The minimum absolute atomic E-state index is 0.309. The van der Waals surface area contributed by atoms with Crippen molar-refractivity contribution in [2.45, 2.75) is 6.43 Å². The molecule has 0 radical (unpaired) electrons. The molecule has 0 spiro atoms. The maximum atomic E-state index is 11.7. The molecule has 0 aliphatic rings. The van der Waals surface area contributed by atoms with E-state index >= 15 is 0 Å². The molecule has 4 heteroatoms. The van der Waals surface area contributed by atoms with Gasteiger partial charge in [-0.05, 0) is 18.2 Å². The van der Waals surface area contributed by atoms with Gasteiger partial charge in [0.25, 0.3) is 6.43 Å². The lowest BCUT2D eigenvalue weighted by Gasteiger charge is -2.04. The summed E-state index contributed by atoms with van der Waals surface area (Å²) in [5.41, 5.74) is 0.699. The highest BCUT2D eigenvalue weighted by molar-refractivity contribution is 9.10. The van der Waals surface area contributed by atoms with Crippen LogP contribution in [0.2, 0.25) is 0 Å². The second-order valence-corrected chi connectivity index (χ2v) is 3.20. The molecule has 0 unspecified atom stereocenters. The third-order valence-electron chi connectivity index (χ3n) is 1.29. The van der Waals surface area contributed by atoms with Crippen LogP contribution in [0.3, 0.4) is 0 Å². The van der Waals surface area contributed by atoms with Gasteiger partial charge >= 0.3 is 0 Å². The van der Waals surface area contributed by atoms with E-state index in [1.165, 1.54) is 0 Å². The summed E-state index contributed by atoms with van der Waals surface area (Å²) in [6.07, 6.45) is -2.32. The standard InChI is InChI=1S/C8H8BrF2N/c9-6-2-1-3-7(4-6)12-5-8(10)11/h1-4,8,12H,5H2. The third-order valence-corrected chi connectivity index (χ3v) is 1.78. The van der Waals surface area contributed by atoms with E-state index in [0.29, 0.717) is 5.69 Å². The number of nitrogens with one attached hydrogen (secondary N) is 1. The van der Waals surface area contributed by atoms with Gasteiger partial charge in [0.15, 0.2) is 0 Å². The topological polar surface area (TPSA) is 12.0 Å². The second-order valence-electron chi connectivity index (χ2n) is 2.28. The van der Waals surface area contributed by atoms with Crippen LogP contribution < -0.4 is 5.32 Å². The van der Waals surface area contributed by atoms with Crippen molar-refractivity contribution in [2.24, 2.45) is 0 Å². The maximum absolute atomic E-state index is 11.7. The zero-order valence-corrected chi connectivity index (χ0v) is 7.81. The quantitative estimate of drug-likeness (QED) is 0.850. The van der Waals surface area contributed by atoms with Crippen LogP contribution in [0.1, 0.15) is 0 Å². The predicted octanol–water partition coefficient (Wildman–Crippen LogP) is 3.13.